The summed E-state index contributed by atoms with van der Waals surface area (Å²) in [5.74, 6) is -2.15. The number of esters is 1. The predicted molar refractivity (Wildman–Crippen MR) is 65.3 cm³/mol. The fourth-order valence-electron chi connectivity index (χ4n) is 1.22. The minimum Gasteiger partial charge on any atom is -0.478 e. The molecule has 0 saturated carbocycles. The molecule has 0 heterocycles. The second-order valence-electron chi connectivity index (χ2n) is 3.46. The van der Waals surface area contributed by atoms with Crippen LogP contribution in [0, 0.1) is 5.82 Å². The van der Waals surface area contributed by atoms with Crippen LogP contribution in [0.3, 0.4) is 0 Å². The van der Waals surface area contributed by atoms with Gasteiger partial charge in [0.15, 0.2) is 0 Å². The lowest BCUT2D eigenvalue weighted by Crippen LogP contribution is -2.16. The number of thioether (sulfide) groups is 1. The number of carboxylic acid groups (broad SMARTS) is 1. The largest absolute Gasteiger partial charge is 0.478 e. The van der Waals surface area contributed by atoms with Gasteiger partial charge in [-0.15, -0.1) is 11.8 Å². The van der Waals surface area contributed by atoms with E-state index < -0.39 is 23.0 Å². The molecule has 0 aliphatic carbocycles. The summed E-state index contributed by atoms with van der Waals surface area (Å²) in [6, 6.07) is 3.46. The van der Waals surface area contributed by atoms with E-state index in [0.29, 0.717) is 0 Å². The SMILES string of the molecule is CCOC(=O)C(C)Sc1cc(C(=O)O)ccc1F. The van der Waals surface area contributed by atoms with Gasteiger partial charge in [-0.3, -0.25) is 4.79 Å². The molecule has 98 valence electrons. The summed E-state index contributed by atoms with van der Waals surface area (Å²) in [5.41, 5.74) is -0.0186. The van der Waals surface area contributed by atoms with E-state index in [2.05, 4.69) is 0 Å². The van der Waals surface area contributed by atoms with Crippen LogP contribution < -0.4 is 0 Å². The molecule has 1 rings (SSSR count). The Kier molecular flexibility index (Phi) is 5.15. The van der Waals surface area contributed by atoms with Crippen molar-refractivity contribution in [2.24, 2.45) is 0 Å². The van der Waals surface area contributed by atoms with Crippen LogP contribution in [0.4, 0.5) is 4.39 Å². The fourth-order valence-corrected chi connectivity index (χ4v) is 2.15. The van der Waals surface area contributed by atoms with E-state index in [4.69, 9.17) is 9.84 Å². The zero-order valence-corrected chi connectivity index (χ0v) is 10.8. The van der Waals surface area contributed by atoms with Gasteiger partial charge in [-0.2, -0.15) is 0 Å². The standard InChI is InChI=1S/C12H13FO4S/c1-3-17-12(16)7(2)18-10-6-8(11(14)15)4-5-9(10)13/h4-7H,3H2,1-2H3,(H,14,15). The molecule has 1 aromatic rings. The second-order valence-corrected chi connectivity index (χ2v) is 4.85. The van der Waals surface area contributed by atoms with Crippen LogP contribution in [0.2, 0.25) is 0 Å². The zero-order chi connectivity index (χ0) is 13.7. The van der Waals surface area contributed by atoms with Crippen LogP contribution in [0.5, 0.6) is 0 Å². The van der Waals surface area contributed by atoms with Gasteiger partial charge in [-0.1, -0.05) is 0 Å². The molecule has 6 heteroatoms. The van der Waals surface area contributed by atoms with Gasteiger partial charge in [0.1, 0.15) is 11.1 Å². The van der Waals surface area contributed by atoms with Crippen LogP contribution >= 0.6 is 11.8 Å². The Morgan fingerprint density at radius 1 is 1.50 bits per heavy atom. The van der Waals surface area contributed by atoms with Gasteiger partial charge in [0, 0.05) is 4.90 Å². The fraction of sp³-hybridized carbons (Fsp3) is 0.333. The Labute approximate surface area is 108 Å². The van der Waals surface area contributed by atoms with Gasteiger partial charge in [0.25, 0.3) is 0 Å². The third-order valence-electron chi connectivity index (χ3n) is 2.10. The molecule has 4 nitrogen and oxygen atoms in total. The van der Waals surface area contributed by atoms with E-state index in [0.717, 1.165) is 17.8 Å². The van der Waals surface area contributed by atoms with Crippen molar-refractivity contribution in [2.45, 2.75) is 24.0 Å². The zero-order valence-electron chi connectivity index (χ0n) is 9.97. The summed E-state index contributed by atoms with van der Waals surface area (Å²) in [6.45, 7) is 3.51. The van der Waals surface area contributed by atoms with Crippen molar-refractivity contribution >= 4 is 23.7 Å². The molecule has 1 N–H and O–H groups in total. The van der Waals surface area contributed by atoms with Crippen molar-refractivity contribution in [3.63, 3.8) is 0 Å². The molecule has 0 saturated heterocycles. The van der Waals surface area contributed by atoms with Gasteiger partial charge in [-0.25, -0.2) is 9.18 Å². The quantitative estimate of drug-likeness (QED) is 0.659. The smallest absolute Gasteiger partial charge is 0.335 e. The molecule has 1 aromatic carbocycles. The van der Waals surface area contributed by atoms with Crippen LogP contribution in [0.25, 0.3) is 0 Å². The number of hydrogen-bond donors (Lipinski definition) is 1. The Balaban J connectivity index is 2.86. The number of ether oxygens (including phenoxy) is 1. The Morgan fingerprint density at radius 2 is 2.17 bits per heavy atom. The van der Waals surface area contributed by atoms with Crippen molar-refractivity contribution < 1.29 is 23.8 Å². The number of benzene rings is 1. The lowest BCUT2D eigenvalue weighted by Gasteiger charge is -2.11. The van der Waals surface area contributed by atoms with E-state index in [1.807, 2.05) is 0 Å². The summed E-state index contributed by atoms with van der Waals surface area (Å²) in [6.07, 6.45) is 0. The molecule has 1 unspecified atom stereocenters. The van der Waals surface area contributed by atoms with E-state index in [-0.39, 0.29) is 17.1 Å². The van der Waals surface area contributed by atoms with Crippen molar-refractivity contribution in [1.29, 1.82) is 0 Å². The third-order valence-corrected chi connectivity index (χ3v) is 3.21. The van der Waals surface area contributed by atoms with Crippen LogP contribution in [0.1, 0.15) is 24.2 Å². The predicted octanol–water partition coefficient (Wildman–Crippen LogP) is 2.57. The highest BCUT2D eigenvalue weighted by atomic mass is 32.2. The average molecular weight is 272 g/mol. The number of hydrogen-bond acceptors (Lipinski definition) is 4. The molecule has 0 spiro atoms. The van der Waals surface area contributed by atoms with Gasteiger partial charge in [0.05, 0.1) is 12.2 Å². The first-order valence-corrected chi connectivity index (χ1v) is 6.19. The Bertz CT molecular complexity index is 461. The molecule has 0 fully saturated rings. The molecule has 0 aliphatic rings. The molecule has 18 heavy (non-hydrogen) atoms. The summed E-state index contributed by atoms with van der Waals surface area (Å²) < 4.78 is 18.3. The first kappa shape index (κ1) is 14.5. The molecule has 0 radical (unpaired) electrons. The lowest BCUT2D eigenvalue weighted by atomic mass is 10.2. The first-order valence-electron chi connectivity index (χ1n) is 5.31. The number of carboxylic acids is 1. The number of aromatic carboxylic acids is 1. The van der Waals surface area contributed by atoms with Gasteiger partial charge >= 0.3 is 11.9 Å². The molecule has 0 aromatic heterocycles. The monoisotopic (exact) mass is 272 g/mol. The maximum absolute atomic E-state index is 13.5. The van der Waals surface area contributed by atoms with Crippen molar-refractivity contribution in [1.82, 2.24) is 0 Å². The highest BCUT2D eigenvalue weighted by Gasteiger charge is 2.18. The molecule has 1 atom stereocenters. The number of halogens is 1. The average Bonchev–Trinajstić information content (AvgIpc) is 2.31. The first-order chi connectivity index (χ1) is 8.45. The summed E-state index contributed by atoms with van der Waals surface area (Å²) in [7, 11) is 0. The Hall–Kier alpha value is -1.56. The van der Waals surface area contributed by atoms with Crippen molar-refractivity contribution in [2.75, 3.05) is 6.61 Å². The summed E-state index contributed by atoms with van der Waals surface area (Å²) >= 11 is 0.937. The molecular formula is C12H13FO4S. The number of carbonyl (C=O) groups is 2. The summed E-state index contributed by atoms with van der Waals surface area (Å²) in [5, 5.41) is 8.21. The molecule has 0 aliphatic heterocycles. The molecular weight excluding hydrogens is 259 g/mol. The maximum Gasteiger partial charge on any atom is 0.335 e. The van der Waals surface area contributed by atoms with Crippen LogP contribution in [-0.2, 0) is 9.53 Å². The topological polar surface area (TPSA) is 63.6 Å². The highest BCUT2D eigenvalue weighted by molar-refractivity contribution is 8.00. The van der Waals surface area contributed by atoms with E-state index in [1.54, 1.807) is 13.8 Å². The van der Waals surface area contributed by atoms with E-state index >= 15 is 0 Å². The second kappa shape index (κ2) is 6.39. The van der Waals surface area contributed by atoms with Crippen LogP contribution in [0.15, 0.2) is 23.1 Å². The van der Waals surface area contributed by atoms with E-state index in [9.17, 15) is 14.0 Å². The number of carbonyl (C=O) groups excluding carboxylic acids is 1. The third kappa shape index (κ3) is 3.73. The van der Waals surface area contributed by atoms with Crippen molar-refractivity contribution in [3.8, 4) is 0 Å². The lowest BCUT2D eigenvalue weighted by molar-refractivity contribution is -0.142. The minimum absolute atomic E-state index is 0.0186. The van der Waals surface area contributed by atoms with Crippen molar-refractivity contribution in [3.05, 3.63) is 29.6 Å². The highest BCUT2D eigenvalue weighted by Crippen LogP contribution is 2.27. The maximum atomic E-state index is 13.5. The van der Waals surface area contributed by atoms with Gasteiger partial charge in [-0.05, 0) is 32.0 Å². The summed E-state index contributed by atoms with van der Waals surface area (Å²) in [4.78, 5) is 22.3. The molecule has 0 bridgehead atoms. The minimum atomic E-state index is -1.14. The van der Waals surface area contributed by atoms with Crippen LogP contribution in [-0.4, -0.2) is 28.9 Å². The Morgan fingerprint density at radius 3 is 2.72 bits per heavy atom. The normalized spacial score (nSPS) is 11.9. The van der Waals surface area contributed by atoms with E-state index in [1.165, 1.54) is 12.1 Å². The van der Waals surface area contributed by atoms with Gasteiger partial charge in [0.2, 0.25) is 0 Å². The van der Waals surface area contributed by atoms with Gasteiger partial charge < -0.3 is 9.84 Å². The molecule has 0 amide bonds. The number of rotatable bonds is 5.